The van der Waals surface area contributed by atoms with Crippen LogP contribution in [-0.2, 0) is 11.3 Å². The predicted molar refractivity (Wildman–Crippen MR) is 99.5 cm³/mol. The van der Waals surface area contributed by atoms with Crippen molar-refractivity contribution in [2.45, 2.75) is 41.2 Å². The molecule has 1 amide bonds. The molecule has 0 radical (unpaired) electrons. The van der Waals surface area contributed by atoms with Gasteiger partial charge in [-0.15, -0.1) is 6.58 Å². The highest BCUT2D eigenvalue weighted by molar-refractivity contribution is 6.07. The highest BCUT2D eigenvalue weighted by Crippen LogP contribution is 2.24. The summed E-state index contributed by atoms with van der Waals surface area (Å²) in [6.07, 6.45) is 1.67. The number of aryl methyl sites for hydroxylation is 2. The van der Waals surface area contributed by atoms with E-state index in [0.29, 0.717) is 29.1 Å². The molecule has 0 atom stereocenters. The molecule has 0 aliphatic heterocycles. The van der Waals surface area contributed by atoms with Crippen molar-refractivity contribution in [3.05, 3.63) is 52.6 Å². The first kappa shape index (κ1) is 19.4. The van der Waals surface area contributed by atoms with Crippen LogP contribution >= 0.6 is 0 Å². The molecule has 138 valence electrons. The molecule has 2 aromatic rings. The van der Waals surface area contributed by atoms with Crippen molar-refractivity contribution in [2.24, 2.45) is 0 Å². The standard InChI is InChI=1S/C19H24N4O3/c1-7-9-23-14(6)15(13(5)16(23)18(25)26-8-2)17(24)22-19-20-11(3)10-12(4)21-19/h7,10H,1,8-9H2,2-6H3,(H,20,21,22,24). The van der Waals surface area contributed by atoms with E-state index in [0.717, 1.165) is 11.4 Å². The van der Waals surface area contributed by atoms with Crippen LogP contribution < -0.4 is 5.32 Å². The molecule has 0 unspecified atom stereocenters. The quantitative estimate of drug-likeness (QED) is 0.635. The van der Waals surface area contributed by atoms with Gasteiger partial charge in [0.25, 0.3) is 5.91 Å². The topological polar surface area (TPSA) is 86.1 Å². The van der Waals surface area contributed by atoms with E-state index in [4.69, 9.17) is 4.74 Å². The third-order valence-corrected chi connectivity index (χ3v) is 3.98. The van der Waals surface area contributed by atoms with Gasteiger partial charge in [-0.1, -0.05) is 6.08 Å². The molecule has 0 aliphatic carbocycles. The van der Waals surface area contributed by atoms with E-state index < -0.39 is 5.97 Å². The first-order chi connectivity index (χ1) is 12.3. The van der Waals surface area contributed by atoms with Crippen molar-refractivity contribution < 1.29 is 14.3 Å². The van der Waals surface area contributed by atoms with Crippen LogP contribution in [0.3, 0.4) is 0 Å². The van der Waals surface area contributed by atoms with E-state index in [-0.39, 0.29) is 18.5 Å². The molecule has 7 heteroatoms. The molecule has 0 saturated carbocycles. The smallest absolute Gasteiger partial charge is 0.355 e. The summed E-state index contributed by atoms with van der Waals surface area (Å²) in [6, 6.07) is 1.82. The largest absolute Gasteiger partial charge is 0.461 e. The van der Waals surface area contributed by atoms with Gasteiger partial charge in [0.15, 0.2) is 0 Å². The van der Waals surface area contributed by atoms with Gasteiger partial charge in [-0.25, -0.2) is 14.8 Å². The van der Waals surface area contributed by atoms with Crippen LogP contribution in [0.5, 0.6) is 0 Å². The van der Waals surface area contributed by atoms with Crippen molar-refractivity contribution in [1.29, 1.82) is 0 Å². The summed E-state index contributed by atoms with van der Waals surface area (Å²) in [7, 11) is 0. The van der Waals surface area contributed by atoms with Gasteiger partial charge in [0.2, 0.25) is 5.95 Å². The second-order valence-electron chi connectivity index (χ2n) is 5.98. The molecule has 2 aromatic heterocycles. The molecule has 0 saturated heterocycles. The first-order valence-corrected chi connectivity index (χ1v) is 8.41. The molecular weight excluding hydrogens is 332 g/mol. The molecule has 26 heavy (non-hydrogen) atoms. The number of esters is 1. The average molecular weight is 356 g/mol. The number of carbonyl (C=O) groups is 2. The van der Waals surface area contributed by atoms with Crippen LogP contribution in [0.2, 0.25) is 0 Å². The molecule has 0 bridgehead atoms. The van der Waals surface area contributed by atoms with Crippen LogP contribution in [-0.4, -0.2) is 33.0 Å². The van der Waals surface area contributed by atoms with Crippen LogP contribution in [0.1, 0.15) is 50.4 Å². The lowest BCUT2D eigenvalue weighted by atomic mass is 10.1. The Bertz CT molecular complexity index is 848. The highest BCUT2D eigenvalue weighted by atomic mass is 16.5. The summed E-state index contributed by atoms with van der Waals surface area (Å²) in [4.78, 5) is 33.7. The summed E-state index contributed by atoms with van der Waals surface area (Å²) in [6.45, 7) is 13.3. The van der Waals surface area contributed by atoms with E-state index in [9.17, 15) is 9.59 Å². The summed E-state index contributed by atoms with van der Waals surface area (Å²) in [5, 5.41) is 2.72. The normalized spacial score (nSPS) is 10.5. The maximum Gasteiger partial charge on any atom is 0.355 e. The Hall–Kier alpha value is -2.96. The molecule has 1 N–H and O–H groups in total. The van der Waals surface area contributed by atoms with Gasteiger partial charge in [-0.05, 0) is 46.2 Å². The minimum absolute atomic E-state index is 0.237. The van der Waals surface area contributed by atoms with Gasteiger partial charge in [0.05, 0.1) is 12.2 Å². The van der Waals surface area contributed by atoms with E-state index in [1.165, 1.54) is 0 Å². The van der Waals surface area contributed by atoms with Gasteiger partial charge >= 0.3 is 5.97 Å². The SMILES string of the molecule is C=CCn1c(C)c(C(=O)Nc2nc(C)cc(C)n2)c(C)c1C(=O)OCC. The summed E-state index contributed by atoms with van der Waals surface area (Å²) in [5.74, 6) is -0.588. The number of nitrogens with zero attached hydrogens (tertiary/aromatic N) is 3. The van der Waals surface area contributed by atoms with E-state index in [1.807, 2.05) is 19.9 Å². The number of allylic oxidation sites excluding steroid dienone is 1. The zero-order valence-corrected chi connectivity index (χ0v) is 15.8. The summed E-state index contributed by atoms with van der Waals surface area (Å²) < 4.78 is 6.88. The molecule has 0 spiro atoms. The summed E-state index contributed by atoms with van der Waals surface area (Å²) in [5.41, 5.74) is 3.51. The van der Waals surface area contributed by atoms with E-state index in [1.54, 1.807) is 31.4 Å². The van der Waals surface area contributed by atoms with Gasteiger partial charge in [0.1, 0.15) is 5.69 Å². The van der Waals surface area contributed by atoms with Gasteiger partial charge in [-0.2, -0.15) is 0 Å². The zero-order valence-electron chi connectivity index (χ0n) is 15.8. The van der Waals surface area contributed by atoms with Gasteiger partial charge < -0.3 is 9.30 Å². The number of nitrogens with one attached hydrogen (secondary N) is 1. The molecule has 2 rings (SSSR count). The second-order valence-corrected chi connectivity index (χ2v) is 5.98. The summed E-state index contributed by atoms with van der Waals surface area (Å²) >= 11 is 0. The van der Waals surface area contributed by atoms with Gasteiger partial charge in [0, 0.05) is 23.6 Å². The molecular formula is C19H24N4O3. The number of hydrogen-bond donors (Lipinski definition) is 1. The monoisotopic (exact) mass is 356 g/mol. The number of anilines is 1. The maximum atomic E-state index is 12.8. The molecule has 0 aromatic carbocycles. The Morgan fingerprint density at radius 2 is 1.85 bits per heavy atom. The van der Waals surface area contributed by atoms with Crippen LogP contribution in [0, 0.1) is 27.7 Å². The second kappa shape index (κ2) is 7.95. The molecule has 7 nitrogen and oxygen atoms in total. The van der Waals surface area contributed by atoms with Crippen molar-refractivity contribution in [2.75, 3.05) is 11.9 Å². The molecule has 2 heterocycles. The molecule has 0 fully saturated rings. The number of aromatic nitrogens is 3. The third-order valence-electron chi connectivity index (χ3n) is 3.98. The number of carbonyl (C=O) groups excluding carboxylic acids is 2. The lowest BCUT2D eigenvalue weighted by Gasteiger charge is -2.09. The number of ether oxygens (including phenoxy) is 1. The van der Waals surface area contributed by atoms with Crippen molar-refractivity contribution in [3.63, 3.8) is 0 Å². The highest BCUT2D eigenvalue weighted by Gasteiger charge is 2.27. The van der Waals surface area contributed by atoms with Crippen LogP contribution in [0.4, 0.5) is 5.95 Å². The lowest BCUT2D eigenvalue weighted by Crippen LogP contribution is -2.16. The lowest BCUT2D eigenvalue weighted by molar-refractivity contribution is 0.0513. The minimum Gasteiger partial charge on any atom is -0.461 e. The Kier molecular flexibility index (Phi) is 5.92. The van der Waals surface area contributed by atoms with Crippen molar-refractivity contribution >= 4 is 17.8 Å². The van der Waals surface area contributed by atoms with Crippen LogP contribution in [0.25, 0.3) is 0 Å². The maximum absolute atomic E-state index is 12.8. The average Bonchev–Trinajstić information content (AvgIpc) is 2.77. The van der Waals surface area contributed by atoms with E-state index in [2.05, 4.69) is 21.9 Å². The fourth-order valence-electron chi connectivity index (χ4n) is 3.00. The van der Waals surface area contributed by atoms with Crippen molar-refractivity contribution in [1.82, 2.24) is 14.5 Å². The van der Waals surface area contributed by atoms with Crippen LogP contribution in [0.15, 0.2) is 18.7 Å². The Morgan fingerprint density at radius 3 is 2.38 bits per heavy atom. The Balaban J connectivity index is 2.47. The van der Waals surface area contributed by atoms with E-state index >= 15 is 0 Å². The number of hydrogen-bond acceptors (Lipinski definition) is 5. The Morgan fingerprint density at radius 1 is 1.23 bits per heavy atom. The zero-order chi connectivity index (χ0) is 19.4. The fourth-order valence-corrected chi connectivity index (χ4v) is 3.00. The Labute approximate surface area is 153 Å². The van der Waals surface area contributed by atoms with Crippen molar-refractivity contribution in [3.8, 4) is 0 Å². The van der Waals surface area contributed by atoms with Gasteiger partial charge in [-0.3, -0.25) is 10.1 Å². The fraction of sp³-hybridized carbons (Fsp3) is 0.368. The first-order valence-electron chi connectivity index (χ1n) is 8.41. The number of amides is 1. The predicted octanol–water partition coefficient (Wildman–Crippen LogP) is 3.13. The third kappa shape index (κ3) is 3.82. The minimum atomic E-state index is -0.461. The molecule has 0 aliphatic rings. The number of rotatable bonds is 6.